The van der Waals surface area contributed by atoms with E-state index >= 15 is 0 Å². The van der Waals surface area contributed by atoms with Gasteiger partial charge in [-0.05, 0) is 18.8 Å². The average molecular weight is 200 g/mol. The molecule has 15 heavy (non-hydrogen) atoms. The van der Waals surface area contributed by atoms with Gasteiger partial charge in [-0.1, -0.05) is 67.9 Å². The molecule has 0 aromatic carbocycles. The minimum absolute atomic E-state index is 0.572. The second-order valence-corrected chi connectivity index (χ2v) is 4.47. The molecule has 0 amide bonds. The molecule has 0 spiro atoms. The Morgan fingerprint density at radius 1 is 1.20 bits per heavy atom. The van der Waals surface area contributed by atoms with Gasteiger partial charge in [0.15, 0.2) is 0 Å². The van der Waals surface area contributed by atoms with Gasteiger partial charge in [-0.3, -0.25) is 0 Å². The number of rotatable bonds is 3. The van der Waals surface area contributed by atoms with Gasteiger partial charge in [0.2, 0.25) is 0 Å². The van der Waals surface area contributed by atoms with Crippen LogP contribution < -0.4 is 0 Å². The summed E-state index contributed by atoms with van der Waals surface area (Å²) in [5.41, 5.74) is 1.62. The van der Waals surface area contributed by atoms with Crippen LogP contribution in [-0.4, -0.2) is 0 Å². The number of allylic oxidation sites excluding steroid dienone is 8. The van der Waals surface area contributed by atoms with Crippen molar-refractivity contribution >= 4 is 0 Å². The second kappa shape index (κ2) is 5.16. The molecule has 3 aliphatic carbocycles. The summed E-state index contributed by atoms with van der Waals surface area (Å²) in [4.78, 5) is 0. The fraction of sp³-hybridized carbons (Fsp3) is 0.467. The van der Waals surface area contributed by atoms with Crippen molar-refractivity contribution in [3.8, 4) is 0 Å². The largest absolute Gasteiger partial charge is 0.0844 e. The monoisotopic (exact) mass is 200 g/mol. The SMILES string of the molecule is CCCC/C=C1\CC2C=CC=CC1C=C2. The van der Waals surface area contributed by atoms with Crippen LogP contribution in [0.25, 0.3) is 0 Å². The van der Waals surface area contributed by atoms with E-state index < -0.39 is 0 Å². The highest BCUT2D eigenvalue weighted by atomic mass is 14.2. The number of hydrogen-bond donors (Lipinski definition) is 0. The van der Waals surface area contributed by atoms with Gasteiger partial charge in [0, 0.05) is 5.92 Å². The molecule has 0 N–H and O–H groups in total. The molecule has 2 atom stereocenters. The Kier molecular flexibility index (Phi) is 3.60. The van der Waals surface area contributed by atoms with Crippen LogP contribution in [0, 0.1) is 11.8 Å². The van der Waals surface area contributed by atoms with E-state index in [0.29, 0.717) is 11.8 Å². The van der Waals surface area contributed by atoms with Crippen LogP contribution in [0.15, 0.2) is 48.1 Å². The second-order valence-electron chi connectivity index (χ2n) is 4.47. The Labute approximate surface area is 93.1 Å². The van der Waals surface area contributed by atoms with E-state index in [1.54, 1.807) is 5.57 Å². The van der Waals surface area contributed by atoms with Crippen LogP contribution in [0.5, 0.6) is 0 Å². The summed E-state index contributed by atoms with van der Waals surface area (Å²) in [6, 6.07) is 0. The molecule has 0 radical (unpaired) electrons. The molecule has 0 aromatic heterocycles. The standard InChI is InChI=1S/C15H20/c1-2-3-4-9-15-12-13-7-5-6-8-14(15)11-10-13/h5-11,13-14H,2-4,12H2,1H3/b7-5?,8-6?,15-9+. The first-order valence-electron chi connectivity index (χ1n) is 6.12. The highest BCUT2D eigenvalue weighted by Crippen LogP contribution is 2.31. The third kappa shape index (κ3) is 2.71. The first-order valence-corrected chi connectivity index (χ1v) is 6.12. The number of unbranched alkanes of at least 4 members (excludes halogenated alkanes) is 2. The predicted octanol–water partition coefficient (Wildman–Crippen LogP) is 4.42. The first kappa shape index (κ1) is 10.5. The van der Waals surface area contributed by atoms with Gasteiger partial charge in [-0.2, -0.15) is 0 Å². The summed E-state index contributed by atoms with van der Waals surface area (Å²) in [5.74, 6) is 1.21. The maximum Gasteiger partial charge on any atom is 0.0161 e. The van der Waals surface area contributed by atoms with Gasteiger partial charge in [-0.25, -0.2) is 0 Å². The quantitative estimate of drug-likeness (QED) is 0.467. The van der Waals surface area contributed by atoms with Crippen LogP contribution in [0.3, 0.4) is 0 Å². The topological polar surface area (TPSA) is 0 Å². The van der Waals surface area contributed by atoms with Crippen molar-refractivity contribution < 1.29 is 0 Å². The number of hydrogen-bond acceptors (Lipinski definition) is 0. The van der Waals surface area contributed by atoms with Crippen molar-refractivity contribution in [1.29, 1.82) is 0 Å². The molecule has 0 nitrogen and oxygen atoms in total. The van der Waals surface area contributed by atoms with E-state index in [4.69, 9.17) is 0 Å². The van der Waals surface area contributed by atoms with Crippen molar-refractivity contribution in [1.82, 2.24) is 0 Å². The van der Waals surface area contributed by atoms with E-state index in [1.165, 1.54) is 25.7 Å². The molecule has 0 aliphatic heterocycles. The lowest BCUT2D eigenvalue weighted by Crippen LogP contribution is -2.10. The van der Waals surface area contributed by atoms with Crippen LogP contribution in [0.4, 0.5) is 0 Å². The highest BCUT2D eigenvalue weighted by Gasteiger charge is 2.17. The molecule has 0 saturated carbocycles. The fourth-order valence-corrected chi connectivity index (χ4v) is 2.28. The minimum atomic E-state index is 0.572. The van der Waals surface area contributed by atoms with Crippen molar-refractivity contribution in [2.24, 2.45) is 11.8 Å². The summed E-state index contributed by atoms with van der Waals surface area (Å²) in [7, 11) is 0. The first-order chi connectivity index (χ1) is 7.40. The van der Waals surface area contributed by atoms with Crippen molar-refractivity contribution in [3.63, 3.8) is 0 Å². The Bertz CT molecular complexity index is 315. The third-order valence-corrected chi connectivity index (χ3v) is 3.22. The van der Waals surface area contributed by atoms with Crippen LogP contribution in [-0.2, 0) is 0 Å². The normalized spacial score (nSPS) is 30.9. The highest BCUT2D eigenvalue weighted by molar-refractivity contribution is 5.31. The zero-order valence-corrected chi connectivity index (χ0v) is 9.52. The summed E-state index contributed by atoms with van der Waals surface area (Å²) in [6.07, 6.45) is 21.2. The Hall–Kier alpha value is -1.04. The third-order valence-electron chi connectivity index (χ3n) is 3.22. The lowest BCUT2D eigenvalue weighted by atomic mass is 9.81. The lowest BCUT2D eigenvalue weighted by molar-refractivity contribution is 0.682. The molecule has 80 valence electrons. The van der Waals surface area contributed by atoms with E-state index in [2.05, 4.69) is 49.5 Å². The molecule has 0 fully saturated rings. The number of fused-ring (bicyclic) bond motifs is 2. The van der Waals surface area contributed by atoms with E-state index in [9.17, 15) is 0 Å². The molecule has 0 aromatic rings. The van der Waals surface area contributed by atoms with Gasteiger partial charge in [0.25, 0.3) is 0 Å². The smallest absolute Gasteiger partial charge is 0.0161 e. The van der Waals surface area contributed by atoms with Crippen LogP contribution >= 0.6 is 0 Å². The molecule has 3 aliphatic rings. The predicted molar refractivity (Wildman–Crippen MR) is 66.6 cm³/mol. The molecule has 0 heteroatoms. The molecular formula is C15H20. The summed E-state index contributed by atoms with van der Waals surface area (Å²) >= 11 is 0. The van der Waals surface area contributed by atoms with Crippen molar-refractivity contribution in [2.45, 2.75) is 32.6 Å². The van der Waals surface area contributed by atoms with E-state index in [1.807, 2.05) is 0 Å². The van der Waals surface area contributed by atoms with Crippen molar-refractivity contribution in [3.05, 3.63) is 48.1 Å². The van der Waals surface area contributed by atoms with Crippen LogP contribution in [0.1, 0.15) is 32.6 Å². The van der Waals surface area contributed by atoms with Crippen molar-refractivity contribution in [2.75, 3.05) is 0 Å². The molecule has 3 rings (SSSR count). The van der Waals surface area contributed by atoms with E-state index in [0.717, 1.165) is 0 Å². The molecule has 2 bridgehead atoms. The van der Waals surface area contributed by atoms with Gasteiger partial charge in [-0.15, -0.1) is 0 Å². The summed E-state index contributed by atoms with van der Waals surface area (Å²) in [5, 5.41) is 0. The molecular weight excluding hydrogens is 180 g/mol. The molecule has 0 heterocycles. The van der Waals surface area contributed by atoms with Crippen LogP contribution in [0.2, 0.25) is 0 Å². The minimum Gasteiger partial charge on any atom is -0.0844 e. The Balaban J connectivity index is 2.09. The maximum absolute atomic E-state index is 2.47. The maximum atomic E-state index is 2.47. The van der Waals surface area contributed by atoms with Gasteiger partial charge in [0.05, 0.1) is 0 Å². The average Bonchev–Trinajstić information content (AvgIpc) is 2.20. The lowest BCUT2D eigenvalue weighted by Gasteiger charge is -2.24. The molecule has 0 saturated heterocycles. The zero-order valence-electron chi connectivity index (χ0n) is 9.52. The van der Waals surface area contributed by atoms with Gasteiger partial charge < -0.3 is 0 Å². The Morgan fingerprint density at radius 2 is 2.07 bits per heavy atom. The summed E-state index contributed by atoms with van der Waals surface area (Å²) < 4.78 is 0. The summed E-state index contributed by atoms with van der Waals surface area (Å²) in [6.45, 7) is 2.26. The van der Waals surface area contributed by atoms with E-state index in [-0.39, 0.29) is 0 Å². The zero-order chi connectivity index (χ0) is 10.5. The Morgan fingerprint density at radius 3 is 2.93 bits per heavy atom. The van der Waals surface area contributed by atoms with Gasteiger partial charge in [0.1, 0.15) is 0 Å². The van der Waals surface area contributed by atoms with Gasteiger partial charge >= 0.3 is 0 Å². The molecule has 2 unspecified atom stereocenters. The fourth-order valence-electron chi connectivity index (χ4n) is 2.28.